The van der Waals surface area contributed by atoms with Crippen LogP contribution < -0.4 is 0 Å². The Kier molecular flexibility index (Phi) is 5.41. The summed E-state index contributed by atoms with van der Waals surface area (Å²) in [6.45, 7) is 0. The molecule has 0 amide bonds. The maximum absolute atomic E-state index is 11.2. The van der Waals surface area contributed by atoms with Gasteiger partial charge in [0.25, 0.3) is 0 Å². The Bertz CT molecular complexity index is 943. The molecule has 0 spiro atoms. The maximum Gasteiger partial charge on any atom is 0.335 e. The number of carbonyl (C=O) groups is 2. The Morgan fingerprint density at radius 1 is 0.769 bits per heavy atom. The third kappa shape index (κ3) is 4.12. The summed E-state index contributed by atoms with van der Waals surface area (Å²) in [5.74, 6) is -1.75. The van der Waals surface area contributed by atoms with Crippen LogP contribution in [0.15, 0.2) is 36.4 Å². The van der Waals surface area contributed by atoms with Gasteiger partial charge < -0.3 is 10.2 Å². The predicted molar refractivity (Wildman–Crippen MR) is 108 cm³/mol. The lowest BCUT2D eigenvalue weighted by Gasteiger charge is -2.04. The van der Waals surface area contributed by atoms with Crippen LogP contribution in [0.25, 0.3) is 22.8 Å². The number of nitrogens with zero attached hydrogens (tertiary/aromatic N) is 4. The minimum Gasteiger partial charge on any atom is -0.478 e. The van der Waals surface area contributed by atoms with Crippen LogP contribution in [-0.4, -0.2) is 42.5 Å². The molecule has 0 radical (unpaired) electrons. The molecule has 2 aromatic carbocycles. The fourth-order valence-corrected chi connectivity index (χ4v) is 3.49. The molecule has 0 saturated heterocycles. The summed E-state index contributed by atoms with van der Waals surface area (Å²) >= 11 is 4.01. The second kappa shape index (κ2) is 7.57. The van der Waals surface area contributed by atoms with E-state index in [1.165, 1.54) is 24.3 Å². The van der Waals surface area contributed by atoms with Gasteiger partial charge in [0.1, 0.15) is 0 Å². The Morgan fingerprint density at radius 2 is 1.23 bits per heavy atom. The highest BCUT2D eigenvalue weighted by molar-refractivity contribution is 14.1. The number of aromatic carboxylic acids is 2. The number of carboxylic acids is 2. The summed E-state index contributed by atoms with van der Waals surface area (Å²) in [6, 6.07) is 9.38. The molecular weight excluding hydrogens is 564 g/mol. The lowest BCUT2D eigenvalue weighted by atomic mass is 10.1. The Hall–Kier alpha value is -2.22. The zero-order valence-corrected chi connectivity index (χ0v) is 17.0. The van der Waals surface area contributed by atoms with Gasteiger partial charge in [-0.1, -0.05) is 0 Å². The minimum atomic E-state index is -1.05. The molecule has 0 saturated carbocycles. The highest BCUT2D eigenvalue weighted by atomic mass is 127. The zero-order chi connectivity index (χ0) is 18.8. The lowest BCUT2D eigenvalue weighted by molar-refractivity contribution is 0.0686. The molecule has 0 aliphatic rings. The van der Waals surface area contributed by atoms with E-state index >= 15 is 0 Å². The van der Waals surface area contributed by atoms with Crippen LogP contribution in [0.1, 0.15) is 20.7 Å². The fraction of sp³-hybridized carbons (Fsp3) is 0. The van der Waals surface area contributed by atoms with Crippen molar-refractivity contribution in [2.45, 2.75) is 0 Å². The normalized spacial score (nSPS) is 10.5. The molecule has 26 heavy (non-hydrogen) atoms. The Labute approximate surface area is 174 Å². The molecule has 0 fully saturated rings. The highest BCUT2D eigenvalue weighted by Gasteiger charge is 2.13. The topological polar surface area (TPSA) is 126 Å². The number of rotatable bonds is 4. The molecule has 130 valence electrons. The van der Waals surface area contributed by atoms with E-state index in [1.54, 1.807) is 12.1 Å². The highest BCUT2D eigenvalue weighted by Crippen LogP contribution is 2.22. The molecule has 8 nitrogen and oxygen atoms in total. The largest absolute Gasteiger partial charge is 0.478 e. The molecule has 3 aromatic rings. The van der Waals surface area contributed by atoms with Crippen molar-refractivity contribution < 1.29 is 19.8 Å². The van der Waals surface area contributed by atoms with Crippen LogP contribution in [0, 0.1) is 7.14 Å². The van der Waals surface area contributed by atoms with Crippen molar-refractivity contribution in [3.63, 3.8) is 0 Å². The summed E-state index contributed by atoms with van der Waals surface area (Å²) in [5, 5.41) is 34.3. The average molecular weight is 572 g/mol. The van der Waals surface area contributed by atoms with Crippen LogP contribution in [0.2, 0.25) is 0 Å². The number of carboxylic acid groups (broad SMARTS) is 2. The predicted octanol–water partition coefficient (Wildman–Crippen LogP) is 3.21. The Balaban J connectivity index is 2.00. The summed E-state index contributed by atoms with van der Waals surface area (Å²) in [4.78, 5) is 22.3. The number of hydrogen-bond donors (Lipinski definition) is 2. The summed E-state index contributed by atoms with van der Waals surface area (Å²) in [7, 11) is 0. The zero-order valence-electron chi connectivity index (χ0n) is 12.7. The van der Waals surface area contributed by atoms with Crippen LogP contribution in [0.5, 0.6) is 0 Å². The summed E-state index contributed by atoms with van der Waals surface area (Å²) < 4.78 is 1.43. The van der Waals surface area contributed by atoms with E-state index < -0.39 is 11.9 Å². The monoisotopic (exact) mass is 572 g/mol. The van der Waals surface area contributed by atoms with E-state index in [-0.39, 0.29) is 22.8 Å². The van der Waals surface area contributed by atoms with Crippen molar-refractivity contribution in [1.29, 1.82) is 0 Å². The number of aromatic nitrogens is 4. The quantitative estimate of drug-likeness (QED) is 0.457. The summed E-state index contributed by atoms with van der Waals surface area (Å²) in [6.07, 6.45) is 0. The van der Waals surface area contributed by atoms with Crippen LogP contribution in [-0.2, 0) is 0 Å². The molecule has 0 bridgehead atoms. The van der Waals surface area contributed by atoms with Crippen molar-refractivity contribution in [2.75, 3.05) is 0 Å². The first-order valence-electron chi connectivity index (χ1n) is 6.99. The second-order valence-electron chi connectivity index (χ2n) is 5.11. The van der Waals surface area contributed by atoms with Crippen molar-refractivity contribution in [2.24, 2.45) is 0 Å². The van der Waals surface area contributed by atoms with Crippen molar-refractivity contribution in [3.8, 4) is 22.8 Å². The van der Waals surface area contributed by atoms with E-state index in [0.29, 0.717) is 18.3 Å². The average Bonchev–Trinajstić information content (AvgIpc) is 2.60. The van der Waals surface area contributed by atoms with Gasteiger partial charge in [-0.25, -0.2) is 9.59 Å². The first-order valence-corrected chi connectivity index (χ1v) is 9.15. The van der Waals surface area contributed by atoms with Gasteiger partial charge in [0.05, 0.1) is 11.1 Å². The van der Waals surface area contributed by atoms with E-state index in [1.807, 2.05) is 45.2 Å². The van der Waals surface area contributed by atoms with Gasteiger partial charge in [-0.2, -0.15) is 0 Å². The standard InChI is InChI=1S/C16H8I2N4O4/c17-11-3-7(1-9(5-11)15(23)24)13-19-21-14(22-20-13)8-2-10(16(25)26)6-12(18)4-8/h1-6H,(H,23,24)(H,25,26)/i17-2. The third-order valence-corrected chi connectivity index (χ3v) is 4.53. The van der Waals surface area contributed by atoms with Gasteiger partial charge in [-0.15, -0.1) is 20.4 Å². The van der Waals surface area contributed by atoms with Crippen molar-refractivity contribution in [1.82, 2.24) is 20.4 Å². The number of benzene rings is 2. The molecule has 0 unspecified atom stereocenters. The molecule has 1 heterocycles. The fourth-order valence-electron chi connectivity index (χ4n) is 2.14. The van der Waals surface area contributed by atoms with Gasteiger partial charge in [0.15, 0.2) is 0 Å². The number of halogens is 2. The number of hydrogen-bond acceptors (Lipinski definition) is 6. The van der Waals surface area contributed by atoms with Crippen molar-refractivity contribution >= 4 is 57.1 Å². The molecular formula is C16H8I2N4O4. The van der Waals surface area contributed by atoms with E-state index in [4.69, 9.17) is 10.2 Å². The summed E-state index contributed by atoms with van der Waals surface area (Å²) in [5.41, 5.74) is 1.19. The molecule has 1 aromatic heterocycles. The van der Waals surface area contributed by atoms with Crippen LogP contribution in [0.3, 0.4) is 0 Å². The van der Waals surface area contributed by atoms with Gasteiger partial charge in [0.2, 0.25) is 11.6 Å². The SMILES string of the molecule is O=C(O)c1cc(I)cc(-c2nnc(-c3cc([125I])cc(C(=O)O)c3)nn2)c1. The van der Waals surface area contributed by atoms with Gasteiger partial charge >= 0.3 is 11.9 Å². The van der Waals surface area contributed by atoms with E-state index in [0.717, 1.165) is 0 Å². The molecule has 0 aliphatic carbocycles. The lowest BCUT2D eigenvalue weighted by Crippen LogP contribution is -2.03. The maximum atomic E-state index is 11.2. The molecule has 3 rings (SSSR count). The van der Waals surface area contributed by atoms with Crippen LogP contribution >= 0.6 is 45.2 Å². The third-order valence-electron chi connectivity index (χ3n) is 3.28. The molecule has 0 aliphatic heterocycles. The van der Waals surface area contributed by atoms with Gasteiger partial charge in [-0.05, 0) is 81.6 Å². The molecule has 2 N–H and O–H groups in total. The van der Waals surface area contributed by atoms with E-state index in [2.05, 4.69) is 20.4 Å². The smallest absolute Gasteiger partial charge is 0.335 e. The molecule has 0 atom stereocenters. The minimum absolute atomic E-state index is 0.114. The first-order chi connectivity index (χ1) is 12.3. The Morgan fingerprint density at radius 3 is 1.73 bits per heavy atom. The van der Waals surface area contributed by atoms with Gasteiger partial charge in [-0.3, -0.25) is 0 Å². The van der Waals surface area contributed by atoms with Crippen molar-refractivity contribution in [3.05, 3.63) is 54.7 Å². The molecule has 10 heteroatoms. The van der Waals surface area contributed by atoms with Crippen LogP contribution in [0.4, 0.5) is 0 Å². The first kappa shape index (κ1) is 18.6. The second-order valence-corrected chi connectivity index (χ2v) is 7.61. The van der Waals surface area contributed by atoms with E-state index in [9.17, 15) is 9.59 Å². The van der Waals surface area contributed by atoms with Gasteiger partial charge in [0, 0.05) is 18.3 Å².